The Hall–Kier alpha value is -2.07. The molecule has 0 aliphatic rings. The van der Waals surface area contributed by atoms with Crippen LogP contribution in [0.25, 0.3) is 22.4 Å². The molecule has 2 aromatic heterocycles. The number of nitrogens with two attached hydrogens (primary N) is 1. The average Bonchev–Trinajstić information content (AvgIpc) is 2.71. The molecule has 3 rings (SSSR count). The van der Waals surface area contributed by atoms with Crippen molar-refractivity contribution in [2.24, 2.45) is 7.05 Å². The van der Waals surface area contributed by atoms with Crippen molar-refractivity contribution in [1.82, 2.24) is 14.5 Å². The van der Waals surface area contributed by atoms with Gasteiger partial charge in [0.05, 0.1) is 22.4 Å². The SMILES string of the molecule is Cn1c(-c2ccc(Cl)c(N)c2)nc2cnccc21. The molecular weight excluding hydrogens is 248 g/mol. The van der Waals surface area contributed by atoms with E-state index < -0.39 is 0 Å². The Balaban J connectivity index is 2.25. The third-order valence-corrected chi connectivity index (χ3v) is 3.28. The van der Waals surface area contributed by atoms with E-state index in [9.17, 15) is 0 Å². The summed E-state index contributed by atoms with van der Waals surface area (Å²) in [5, 5.41) is 0.555. The van der Waals surface area contributed by atoms with Gasteiger partial charge in [-0.15, -0.1) is 0 Å². The van der Waals surface area contributed by atoms with Crippen LogP contribution in [0.1, 0.15) is 0 Å². The van der Waals surface area contributed by atoms with E-state index in [1.807, 2.05) is 29.8 Å². The summed E-state index contributed by atoms with van der Waals surface area (Å²) in [5.74, 6) is 0.848. The first-order valence-electron chi connectivity index (χ1n) is 5.48. The smallest absolute Gasteiger partial charge is 0.141 e. The molecule has 0 aliphatic carbocycles. The Morgan fingerprint density at radius 1 is 1.28 bits per heavy atom. The maximum Gasteiger partial charge on any atom is 0.141 e. The molecule has 0 unspecified atom stereocenters. The molecule has 18 heavy (non-hydrogen) atoms. The van der Waals surface area contributed by atoms with Gasteiger partial charge in [-0.1, -0.05) is 11.6 Å². The number of halogens is 1. The molecule has 0 atom stereocenters. The molecule has 1 aromatic carbocycles. The summed E-state index contributed by atoms with van der Waals surface area (Å²) < 4.78 is 2.01. The van der Waals surface area contributed by atoms with Gasteiger partial charge in [0.1, 0.15) is 11.3 Å². The van der Waals surface area contributed by atoms with Crippen molar-refractivity contribution in [3.05, 3.63) is 41.7 Å². The zero-order valence-electron chi connectivity index (χ0n) is 9.76. The van der Waals surface area contributed by atoms with Crippen molar-refractivity contribution >= 4 is 28.3 Å². The largest absolute Gasteiger partial charge is 0.398 e. The number of nitrogen functional groups attached to an aromatic ring is 1. The zero-order valence-corrected chi connectivity index (χ0v) is 10.5. The Morgan fingerprint density at radius 3 is 2.83 bits per heavy atom. The van der Waals surface area contributed by atoms with Crippen molar-refractivity contribution in [3.8, 4) is 11.4 Å². The summed E-state index contributed by atoms with van der Waals surface area (Å²) >= 11 is 5.92. The number of anilines is 1. The second-order valence-corrected chi connectivity index (χ2v) is 4.50. The summed E-state index contributed by atoms with van der Waals surface area (Å²) in [7, 11) is 1.97. The zero-order chi connectivity index (χ0) is 12.7. The van der Waals surface area contributed by atoms with Crippen molar-refractivity contribution in [2.75, 3.05) is 5.73 Å². The fraction of sp³-hybridized carbons (Fsp3) is 0.0769. The van der Waals surface area contributed by atoms with Gasteiger partial charge in [-0.25, -0.2) is 4.98 Å². The van der Waals surface area contributed by atoms with Gasteiger partial charge >= 0.3 is 0 Å². The predicted molar refractivity (Wildman–Crippen MR) is 73.4 cm³/mol. The number of fused-ring (bicyclic) bond motifs is 1. The molecule has 0 radical (unpaired) electrons. The first-order valence-corrected chi connectivity index (χ1v) is 5.86. The number of hydrogen-bond acceptors (Lipinski definition) is 3. The summed E-state index contributed by atoms with van der Waals surface area (Å²) in [4.78, 5) is 8.63. The van der Waals surface area contributed by atoms with E-state index in [-0.39, 0.29) is 0 Å². The predicted octanol–water partition coefficient (Wildman–Crippen LogP) is 2.87. The number of nitrogens with zero attached hydrogens (tertiary/aromatic N) is 3. The molecule has 0 bridgehead atoms. The van der Waals surface area contributed by atoms with Crippen LogP contribution in [-0.2, 0) is 7.05 Å². The van der Waals surface area contributed by atoms with Crippen molar-refractivity contribution in [1.29, 1.82) is 0 Å². The van der Waals surface area contributed by atoms with Crippen LogP contribution in [0, 0.1) is 0 Å². The Labute approximate surface area is 109 Å². The van der Waals surface area contributed by atoms with Gasteiger partial charge < -0.3 is 10.3 Å². The fourth-order valence-corrected chi connectivity index (χ4v) is 2.11. The molecule has 2 heterocycles. The Kier molecular flexibility index (Phi) is 2.45. The molecule has 2 N–H and O–H groups in total. The minimum absolute atomic E-state index is 0.555. The number of rotatable bonds is 1. The van der Waals surface area contributed by atoms with Crippen LogP contribution in [0.4, 0.5) is 5.69 Å². The van der Waals surface area contributed by atoms with Crippen LogP contribution in [-0.4, -0.2) is 14.5 Å². The van der Waals surface area contributed by atoms with E-state index in [1.165, 1.54) is 0 Å². The van der Waals surface area contributed by atoms with Crippen molar-refractivity contribution in [3.63, 3.8) is 0 Å². The lowest BCUT2D eigenvalue weighted by Gasteiger charge is -2.04. The molecule has 3 aromatic rings. The Bertz CT molecular complexity index is 733. The first-order chi connectivity index (χ1) is 8.66. The summed E-state index contributed by atoms with van der Waals surface area (Å²) in [6, 6.07) is 7.46. The van der Waals surface area contributed by atoms with E-state index in [4.69, 9.17) is 17.3 Å². The lowest BCUT2D eigenvalue weighted by molar-refractivity contribution is 0.959. The number of aryl methyl sites for hydroxylation is 1. The fourth-order valence-electron chi connectivity index (χ4n) is 1.99. The highest BCUT2D eigenvalue weighted by atomic mass is 35.5. The van der Waals surface area contributed by atoms with Crippen LogP contribution in [0.15, 0.2) is 36.7 Å². The summed E-state index contributed by atoms with van der Waals surface area (Å²) in [5.41, 5.74) is 9.22. The molecule has 5 heteroatoms. The normalized spacial score (nSPS) is 11.0. The molecule has 0 spiro atoms. The van der Waals surface area contributed by atoms with Crippen molar-refractivity contribution < 1.29 is 0 Å². The van der Waals surface area contributed by atoms with E-state index in [2.05, 4.69) is 9.97 Å². The molecule has 0 aliphatic heterocycles. The minimum atomic E-state index is 0.555. The van der Waals surface area contributed by atoms with E-state index in [1.54, 1.807) is 18.5 Å². The third-order valence-electron chi connectivity index (χ3n) is 2.94. The van der Waals surface area contributed by atoms with Gasteiger partial charge in [0, 0.05) is 18.8 Å². The molecule has 0 amide bonds. The maximum absolute atomic E-state index is 5.92. The summed E-state index contributed by atoms with van der Waals surface area (Å²) in [6.07, 6.45) is 3.50. The number of hydrogen-bond donors (Lipinski definition) is 1. The van der Waals surface area contributed by atoms with Gasteiger partial charge in [0.25, 0.3) is 0 Å². The highest BCUT2D eigenvalue weighted by molar-refractivity contribution is 6.33. The van der Waals surface area contributed by atoms with Gasteiger partial charge in [-0.2, -0.15) is 0 Å². The van der Waals surface area contributed by atoms with Gasteiger partial charge in [-0.05, 0) is 24.3 Å². The van der Waals surface area contributed by atoms with Crippen molar-refractivity contribution in [2.45, 2.75) is 0 Å². The molecule has 4 nitrogen and oxygen atoms in total. The molecule has 0 saturated heterocycles. The number of benzene rings is 1. The topological polar surface area (TPSA) is 56.7 Å². The van der Waals surface area contributed by atoms with Crippen LogP contribution >= 0.6 is 11.6 Å². The lowest BCUT2D eigenvalue weighted by atomic mass is 10.2. The standard InChI is InChI=1S/C13H11ClN4/c1-18-12-4-5-16-7-11(12)17-13(18)8-2-3-9(14)10(15)6-8/h2-7H,15H2,1H3. The number of aromatic nitrogens is 3. The highest BCUT2D eigenvalue weighted by Crippen LogP contribution is 2.27. The van der Waals surface area contributed by atoms with Crippen LogP contribution in [0.3, 0.4) is 0 Å². The molecule has 0 fully saturated rings. The highest BCUT2D eigenvalue weighted by Gasteiger charge is 2.10. The molecule has 0 saturated carbocycles. The lowest BCUT2D eigenvalue weighted by Crippen LogP contribution is -1.94. The second kappa shape index (κ2) is 3.99. The van der Waals surface area contributed by atoms with E-state index in [0.717, 1.165) is 22.4 Å². The first kappa shape index (κ1) is 11.0. The molecular formula is C13H11ClN4. The monoisotopic (exact) mass is 258 g/mol. The van der Waals surface area contributed by atoms with Crippen LogP contribution in [0.5, 0.6) is 0 Å². The second-order valence-electron chi connectivity index (χ2n) is 4.10. The molecule has 90 valence electrons. The summed E-state index contributed by atoms with van der Waals surface area (Å²) in [6.45, 7) is 0. The van der Waals surface area contributed by atoms with Crippen LogP contribution < -0.4 is 5.73 Å². The maximum atomic E-state index is 5.92. The van der Waals surface area contributed by atoms with Gasteiger partial charge in [-0.3, -0.25) is 4.98 Å². The Morgan fingerprint density at radius 2 is 2.11 bits per heavy atom. The van der Waals surface area contributed by atoms with Crippen LogP contribution in [0.2, 0.25) is 5.02 Å². The average molecular weight is 259 g/mol. The number of pyridine rings is 1. The number of imidazole rings is 1. The van der Waals surface area contributed by atoms with E-state index >= 15 is 0 Å². The van der Waals surface area contributed by atoms with Gasteiger partial charge in [0.15, 0.2) is 0 Å². The van der Waals surface area contributed by atoms with Gasteiger partial charge in [0.2, 0.25) is 0 Å². The quantitative estimate of drug-likeness (QED) is 0.683. The van der Waals surface area contributed by atoms with E-state index in [0.29, 0.717) is 10.7 Å². The minimum Gasteiger partial charge on any atom is -0.398 e. The third kappa shape index (κ3) is 1.62.